The first kappa shape index (κ1) is 15.5. The van der Waals surface area contributed by atoms with Gasteiger partial charge in [0.15, 0.2) is 0 Å². The molecule has 0 fully saturated rings. The Morgan fingerprint density at radius 1 is 1.30 bits per heavy atom. The molecule has 0 aliphatic heterocycles. The number of hydrogen-bond donors (Lipinski definition) is 1. The average Bonchev–Trinajstić information content (AvgIpc) is 2.95. The van der Waals surface area contributed by atoms with Gasteiger partial charge >= 0.3 is 0 Å². The Morgan fingerprint density at radius 3 is 2.90 bits per heavy atom. The Balaban J connectivity index is 1.89. The summed E-state index contributed by atoms with van der Waals surface area (Å²) in [4.78, 5) is 2.40. The van der Waals surface area contributed by atoms with Crippen LogP contribution in [-0.2, 0) is 6.42 Å². The van der Waals surface area contributed by atoms with E-state index < -0.39 is 0 Å². The van der Waals surface area contributed by atoms with Gasteiger partial charge in [0.25, 0.3) is 0 Å². The van der Waals surface area contributed by atoms with E-state index in [1.54, 1.807) is 35.2 Å². The third-order valence-electron chi connectivity index (χ3n) is 2.96. The zero-order valence-corrected chi connectivity index (χ0v) is 13.3. The van der Waals surface area contributed by atoms with E-state index in [2.05, 4.69) is 29.8 Å². The molecule has 1 aromatic carbocycles. The number of nitrogens with one attached hydrogen (secondary N) is 1. The highest BCUT2D eigenvalue weighted by Gasteiger charge is 2.10. The van der Waals surface area contributed by atoms with Gasteiger partial charge in [0.05, 0.1) is 0 Å². The van der Waals surface area contributed by atoms with Crippen molar-refractivity contribution in [3.8, 4) is 0 Å². The van der Waals surface area contributed by atoms with Crippen LogP contribution in [0.25, 0.3) is 0 Å². The SMILES string of the molecule is CCCNC(CSc1cccc(F)c1)Cc1cccs1. The molecular formula is C16H20FNS2. The van der Waals surface area contributed by atoms with Crippen molar-refractivity contribution in [2.75, 3.05) is 12.3 Å². The fourth-order valence-electron chi connectivity index (χ4n) is 1.96. The molecule has 0 saturated carbocycles. The van der Waals surface area contributed by atoms with Crippen LogP contribution in [0.15, 0.2) is 46.7 Å². The predicted molar refractivity (Wildman–Crippen MR) is 87.2 cm³/mol. The minimum absolute atomic E-state index is 0.161. The molecule has 0 aliphatic rings. The topological polar surface area (TPSA) is 12.0 Å². The summed E-state index contributed by atoms with van der Waals surface area (Å²) in [5.41, 5.74) is 0. The Labute approximate surface area is 128 Å². The summed E-state index contributed by atoms with van der Waals surface area (Å²) < 4.78 is 13.2. The molecule has 20 heavy (non-hydrogen) atoms. The van der Waals surface area contributed by atoms with Crippen LogP contribution in [-0.4, -0.2) is 18.3 Å². The van der Waals surface area contributed by atoms with Crippen molar-refractivity contribution >= 4 is 23.1 Å². The molecule has 1 aromatic heterocycles. The maximum atomic E-state index is 13.2. The Bertz CT molecular complexity index is 499. The maximum absolute atomic E-state index is 13.2. The quantitative estimate of drug-likeness (QED) is 0.716. The summed E-state index contributed by atoms with van der Waals surface area (Å²) in [6.07, 6.45) is 2.17. The number of halogens is 1. The summed E-state index contributed by atoms with van der Waals surface area (Å²) in [7, 11) is 0. The van der Waals surface area contributed by atoms with Crippen LogP contribution in [0.4, 0.5) is 4.39 Å². The Hall–Kier alpha value is -0.840. The lowest BCUT2D eigenvalue weighted by molar-refractivity contribution is 0.553. The maximum Gasteiger partial charge on any atom is 0.124 e. The third-order valence-corrected chi connectivity index (χ3v) is 5.01. The van der Waals surface area contributed by atoms with Gasteiger partial charge in [0, 0.05) is 21.6 Å². The van der Waals surface area contributed by atoms with Gasteiger partial charge in [-0.3, -0.25) is 0 Å². The second-order valence-electron chi connectivity index (χ2n) is 4.70. The lowest BCUT2D eigenvalue weighted by Gasteiger charge is -2.17. The Morgan fingerprint density at radius 2 is 2.20 bits per heavy atom. The van der Waals surface area contributed by atoms with Gasteiger partial charge in [-0.05, 0) is 49.0 Å². The summed E-state index contributed by atoms with van der Waals surface area (Å²) in [6, 6.07) is 11.5. The van der Waals surface area contributed by atoms with E-state index in [0.717, 1.165) is 30.0 Å². The molecule has 2 aromatic rings. The second-order valence-corrected chi connectivity index (χ2v) is 6.83. The molecule has 1 heterocycles. The van der Waals surface area contributed by atoms with Crippen LogP contribution < -0.4 is 5.32 Å². The predicted octanol–water partition coefficient (Wildman–Crippen LogP) is 4.59. The van der Waals surface area contributed by atoms with Crippen molar-refractivity contribution in [2.24, 2.45) is 0 Å². The van der Waals surface area contributed by atoms with Gasteiger partial charge in [-0.15, -0.1) is 23.1 Å². The molecule has 1 N–H and O–H groups in total. The molecular weight excluding hydrogens is 289 g/mol. The molecule has 0 aliphatic carbocycles. The van der Waals surface area contributed by atoms with Gasteiger partial charge in [-0.25, -0.2) is 4.39 Å². The second kappa shape index (κ2) is 8.45. The molecule has 0 bridgehead atoms. The Kier molecular flexibility index (Phi) is 6.57. The molecule has 1 nitrogen and oxygen atoms in total. The number of rotatable bonds is 8. The number of benzene rings is 1. The van der Waals surface area contributed by atoms with Gasteiger partial charge in [-0.1, -0.05) is 19.1 Å². The molecule has 1 unspecified atom stereocenters. The summed E-state index contributed by atoms with van der Waals surface area (Å²) in [5.74, 6) is 0.799. The van der Waals surface area contributed by atoms with Crippen LogP contribution in [0.2, 0.25) is 0 Å². The van der Waals surface area contributed by atoms with E-state index in [1.165, 1.54) is 10.9 Å². The number of hydrogen-bond acceptors (Lipinski definition) is 3. The molecule has 0 spiro atoms. The standard InChI is InChI=1S/C16H20FNS2/c1-2-8-18-14(11-16-7-4-9-19-16)12-20-15-6-3-5-13(17)10-15/h3-7,9-10,14,18H,2,8,11-12H2,1H3. The molecule has 1 atom stereocenters. The van der Waals surface area contributed by atoms with Gasteiger partial charge in [0.1, 0.15) is 5.82 Å². The molecule has 0 saturated heterocycles. The van der Waals surface area contributed by atoms with Crippen molar-refractivity contribution in [3.05, 3.63) is 52.5 Å². The minimum atomic E-state index is -0.161. The van der Waals surface area contributed by atoms with Gasteiger partial charge in [-0.2, -0.15) is 0 Å². The normalized spacial score (nSPS) is 12.5. The van der Waals surface area contributed by atoms with E-state index in [9.17, 15) is 4.39 Å². The molecule has 2 rings (SSSR count). The number of thioether (sulfide) groups is 1. The molecule has 0 amide bonds. The van der Waals surface area contributed by atoms with Crippen LogP contribution in [0.5, 0.6) is 0 Å². The van der Waals surface area contributed by atoms with Gasteiger partial charge in [0.2, 0.25) is 0 Å². The fraction of sp³-hybridized carbons (Fsp3) is 0.375. The van der Waals surface area contributed by atoms with E-state index in [-0.39, 0.29) is 5.82 Å². The van der Waals surface area contributed by atoms with Crippen LogP contribution in [0.3, 0.4) is 0 Å². The van der Waals surface area contributed by atoms with Gasteiger partial charge < -0.3 is 5.32 Å². The van der Waals surface area contributed by atoms with Crippen LogP contribution in [0.1, 0.15) is 18.2 Å². The van der Waals surface area contributed by atoms with Crippen molar-refractivity contribution in [2.45, 2.75) is 30.7 Å². The summed E-state index contributed by atoms with van der Waals surface area (Å²) >= 11 is 3.52. The zero-order chi connectivity index (χ0) is 14.2. The first-order valence-corrected chi connectivity index (χ1v) is 8.78. The van der Waals surface area contributed by atoms with Crippen molar-refractivity contribution in [1.82, 2.24) is 5.32 Å². The van der Waals surface area contributed by atoms with Crippen molar-refractivity contribution < 1.29 is 4.39 Å². The minimum Gasteiger partial charge on any atom is -0.313 e. The van der Waals surface area contributed by atoms with Crippen molar-refractivity contribution in [1.29, 1.82) is 0 Å². The highest BCUT2D eigenvalue weighted by molar-refractivity contribution is 7.99. The smallest absolute Gasteiger partial charge is 0.124 e. The van der Waals surface area contributed by atoms with E-state index >= 15 is 0 Å². The first-order chi connectivity index (χ1) is 9.78. The lowest BCUT2D eigenvalue weighted by Crippen LogP contribution is -2.33. The fourth-order valence-corrected chi connectivity index (χ4v) is 3.75. The van der Waals surface area contributed by atoms with E-state index in [1.807, 2.05) is 6.07 Å². The molecule has 0 radical (unpaired) electrons. The highest BCUT2D eigenvalue weighted by Crippen LogP contribution is 2.21. The summed E-state index contributed by atoms with van der Waals surface area (Å²) in [6.45, 7) is 3.20. The van der Waals surface area contributed by atoms with Crippen molar-refractivity contribution in [3.63, 3.8) is 0 Å². The summed E-state index contributed by atoms with van der Waals surface area (Å²) in [5, 5.41) is 5.70. The third kappa shape index (κ3) is 5.27. The molecule has 108 valence electrons. The largest absolute Gasteiger partial charge is 0.313 e. The monoisotopic (exact) mass is 309 g/mol. The first-order valence-electron chi connectivity index (χ1n) is 6.92. The highest BCUT2D eigenvalue weighted by atomic mass is 32.2. The number of thiophene rings is 1. The lowest BCUT2D eigenvalue weighted by atomic mass is 10.2. The molecule has 4 heteroatoms. The average molecular weight is 309 g/mol. The van der Waals surface area contributed by atoms with E-state index in [0.29, 0.717) is 6.04 Å². The van der Waals surface area contributed by atoms with Crippen LogP contribution >= 0.6 is 23.1 Å². The van der Waals surface area contributed by atoms with E-state index in [4.69, 9.17) is 0 Å². The van der Waals surface area contributed by atoms with Crippen LogP contribution in [0, 0.1) is 5.82 Å². The zero-order valence-electron chi connectivity index (χ0n) is 11.6.